The molecule has 36 heavy (non-hydrogen) atoms. The van der Waals surface area contributed by atoms with E-state index in [1.54, 1.807) is 30.3 Å². The second kappa shape index (κ2) is 15.1. The molecular formula is C22H32N6O8. The molecule has 1 aromatic rings. The van der Waals surface area contributed by atoms with Gasteiger partial charge in [-0.25, -0.2) is 4.79 Å². The number of hydrogen-bond donors (Lipinski definition) is 8. The minimum Gasteiger partial charge on any atom is -0.480 e. The Morgan fingerprint density at radius 1 is 0.750 bits per heavy atom. The Bertz CT molecular complexity index is 942. The number of aliphatic carboxylic acids is 1. The van der Waals surface area contributed by atoms with E-state index in [1.807, 2.05) is 0 Å². The molecule has 0 aliphatic rings. The van der Waals surface area contributed by atoms with Gasteiger partial charge in [-0.1, -0.05) is 30.3 Å². The lowest BCUT2D eigenvalue weighted by Crippen LogP contribution is -2.58. The highest BCUT2D eigenvalue weighted by Crippen LogP contribution is 2.05. The third-order valence-electron chi connectivity index (χ3n) is 5.06. The van der Waals surface area contributed by atoms with E-state index in [-0.39, 0.29) is 32.1 Å². The van der Waals surface area contributed by atoms with Crippen LogP contribution < -0.4 is 33.2 Å². The topological polar surface area (TPSA) is 257 Å². The van der Waals surface area contributed by atoms with Crippen LogP contribution in [0.5, 0.6) is 0 Å². The average Bonchev–Trinajstić information content (AvgIpc) is 2.82. The van der Waals surface area contributed by atoms with Crippen molar-refractivity contribution in [2.45, 2.75) is 56.3 Å². The fraction of sp³-hybridized carbons (Fsp3) is 0.455. The van der Waals surface area contributed by atoms with Gasteiger partial charge in [-0.05, 0) is 18.4 Å². The van der Waals surface area contributed by atoms with Crippen LogP contribution in [0.2, 0.25) is 0 Å². The van der Waals surface area contributed by atoms with E-state index in [0.29, 0.717) is 5.56 Å². The SMILES string of the molecule is NC(=O)CCC(N)C(=O)NC(CCC(N)=O)C(=O)NC(CO)C(=O)NC(Cc1ccccc1)C(=O)O. The van der Waals surface area contributed by atoms with Crippen molar-refractivity contribution in [3.63, 3.8) is 0 Å². The third kappa shape index (κ3) is 10.9. The lowest BCUT2D eigenvalue weighted by Gasteiger charge is -2.24. The first kappa shape index (κ1) is 30.0. The molecule has 0 saturated heterocycles. The zero-order valence-corrected chi connectivity index (χ0v) is 19.5. The summed E-state index contributed by atoms with van der Waals surface area (Å²) >= 11 is 0. The van der Waals surface area contributed by atoms with Crippen LogP contribution in [0.3, 0.4) is 0 Å². The number of hydrogen-bond acceptors (Lipinski definition) is 8. The van der Waals surface area contributed by atoms with E-state index in [2.05, 4.69) is 16.0 Å². The van der Waals surface area contributed by atoms with Crippen LogP contribution >= 0.6 is 0 Å². The van der Waals surface area contributed by atoms with E-state index < -0.39 is 66.3 Å². The molecule has 4 atom stereocenters. The number of carbonyl (C=O) groups is 6. The van der Waals surface area contributed by atoms with E-state index in [0.717, 1.165) is 0 Å². The molecule has 198 valence electrons. The summed E-state index contributed by atoms with van der Waals surface area (Å²) in [5.74, 6) is -5.51. The van der Waals surface area contributed by atoms with Crippen LogP contribution in [0.4, 0.5) is 0 Å². The van der Waals surface area contributed by atoms with Gasteiger partial charge in [-0.3, -0.25) is 24.0 Å². The monoisotopic (exact) mass is 508 g/mol. The van der Waals surface area contributed by atoms with E-state index in [9.17, 15) is 39.0 Å². The second-order valence-electron chi connectivity index (χ2n) is 8.01. The fourth-order valence-corrected chi connectivity index (χ4v) is 3.05. The number of carboxylic acids is 1. The normalized spacial score (nSPS) is 13.9. The summed E-state index contributed by atoms with van der Waals surface area (Å²) in [5, 5.41) is 25.9. The Balaban J connectivity index is 2.88. The minimum absolute atomic E-state index is 0.0471. The van der Waals surface area contributed by atoms with Gasteiger partial charge in [0.15, 0.2) is 0 Å². The van der Waals surface area contributed by atoms with Crippen LogP contribution in [0.25, 0.3) is 0 Å². The summed E-state index contributed by atoms with van der Waals surface area (Å²) in [4.78, 5) is 71.4. The van der Waals surface area contributed by atoms with Gasteiger partial charge in [0.1, 0.15) is 18.1 Å². The molecule has 4 unspecified atom stereocenters. The van der Waals surface area contributed by atoms with E-state index in [1.165, 1.54) is 0 Å². The number of nitrogens with two attached hydrogens (primary N) is 3. The van der Waals surface area contributed by atoms with Gasteiger partial charge >= 0.3 is 5.97 Å². The van der Waals surface area contributed by atoms with Crippen LogP contribution in [-0.2, 0) is 35.2 Å². The van der Waals surface area contributed by atoms with Crippen molar-refractivity contribution in [2.75, 3.05) is 6.61 Å². The molecule has 14 nitrogen and oxygen atoms in total. The number of carbonyl (C=O) groups excluding carboxylic acids is 5. The number of amides is 5. The fourth-order valence-electron chi connectivity index (χ4n) is 3.05. The summed E-state index contributed by atoms with van der Waals surface area (Å²) in [6.45, 7) is -0.885. The molecular weight excluding hydrogens is 476 g/mol. The molecule has 11 N–H and O–H groups in total. The van der Waals surface area contributed by atoms with Gasteiger partial charge in [0.05, 0.1) is 12.6 Å². The lowest BCUT2D eigenvalue weighted by molar-refractivity contribution is -0.142. The van der Waals surface area contributed by atoms with Crippen molar-refractivity contribution in [2.24, 2.45) is 17.2 Å². The number of benzene rings is 1. The molecule has 14 heteroatoms. The molecule has 1 rings (SSSR count). The Hall–Kier alpha value is -4.04. The predicted octanol–water partition coefficient (Wildman–Crippen LogP) is -3.38. The Morgan fingerprint density at radius 3 is 1.78 bits per heavy atom. The zero-order valence-electron chi connectivity index (χ0n) is 19.5. The molecule has 0 saturated carbocycles. The first-order valence-corrected chi connectivity index (χ1v) is 11.1. The molecule has 0 aromatic heterocycles. The highest BCUT2D eigenvalue weighted by atomic mass is 16.4. The van der Waals surface area contributed by atoms with Crippen LogP contribution in [0.1, 0.15) is 31.2 Å². The van der Waals surface area contributed by atoms with E-state index >= 15 is 0 Å². The molecule has 0 radical (unpaired) electrons. The molecule has 5 amide bonds. The van der Waals surface area contributed by atoms with Crippen molar-refractivity contribution in [3.05, 3.63) is 35.9 Å². The summed E-state index contributed by atoms with van der Waals surface area (Å²) in [5.41, 5.74) is 16.5. The van der Waals surface area contributed by atoms with Crippen LogP contribution in [0, 0.1) is 0 Å². The number of aliphatic hydroxyl groups excluding tert-OH is 1. The zero-order chi connectivity index (χ0) is 27.3. The highest BCUT2D eigenvalue weighted by molar-refractivity contribution is 5.94. The Kier molecular flexibility index (Phi) is 12.5. The summed E-state index contributed by atoms with van der Waals surface area (Å²) < 4.78 is 0. The van der Waals surface area contributed by atoms with Gasteiger partial charge in [-0.2, -0.15) is 0 Å². The number of nitrogens with one attached hydrogen (secondary N) is 3. The molecule has 0 spiro atoms. The molecule has 0 aliphatic carbocycles. The van der Waals surface area contributed by atoms with E-state index in [4.69, 9.17) is 17.2 Å². The van der Waals surface area contributed by atoms with Crippen molar-refractivity contribution >= 4 is 35.5 Å². The maximum atomic E-state index is 12.8. The molecule has 1 aromatic carbocycles. The van der Waals surface area contributed by atoms with Gasteiger partial charge < -0.3 is 43.4 Å². The van der Waals surface area contributed by atoms with Crippen LogP contribution in [0.15, 0.2) is 30.3 Å². The average molecular weight is 509 g/mol. The number of rotatable bonds is 16. The number of aliphatic hydroxyl groups is 1. The summed E-state index contributed by atoms with van der Waals surface area (Å²) in [6, 6.07) is 3.03. The number of primary amides is 2. The predicted molar refractivity (Wildman–Crippen MR) is 125 cm³/mol. The first-order chi connectivity index (χ1) is 16.9. The van der Waals surface area contributed by atoms with Gasteiger partial charge in [0.2, 0.25) is 29.5 Å². The molecule has 0 heterocycles. The van der Waals surface area contributed by atoms with Crippen molar-refractivity contribution in [3.8, 4) is 0 Å². The summed E-state index contributed by atoms with van der Waals surface area (Å²) in [7, 11) is 0. The van der Waals surface area contributed by atoms with Gasteiger partial charge in [0.25, 0.3) is 0 Å². The molecule has 0 aliphatic heterocycles. The molecule has 0 fully saturated rings. The first-order valence-electron chi connectivity index (χ1n) is 11.1. The van der Waals surface area contributed by atoms with Crippen molar-refractivity contribution in [1.29, 1.82) is 0 Å². The summed E-state index contributed by atoms with van der Waals surface area (Å²) in [6.07, 6.45) is -0.864. The van der Waals surface area contributed by atoms with Crippen LogP contribution in [-0.4, -0.2) is 76.5 Å². The third-order valence-corrected chi connectivity index (χ3v) is 5.06. The Morgan fingerprint density at radius 2 is 1.25 bits per heavy atom. The highest BCUT2D eigenvalue weighted by Gasteiger charge is 2.30. The maximum absolute atomic E-state index is 12.8. The van der Waals surface area contributed by atoms with Crippen molar-refractivity contribution < 1.29 is 39.0 Å². The smallest absolute Gasteiger partial charge is 0.326 e. The maximum Gasteiger partial charge on any atom is 0.326 e. The van der Waals surface area contributed by atoms with Gasteiger partial charge in [-0.15, -0.1) is 0 Å². The largest absolute Gasteiger partial charge is 0.480 e. The second-order valence-corrected chi connectivity index (χ2v) is 8.01. The molecule has 0 bridgehead atoms. The quantitative estimate of drug-likeness (QED) is 0.111. The standard InChI is InChI=1S/C22H32N6O8/c23-13(6-8-17(24)30)19(32)26-14(7-9-18(25)31)20(33)28-16(11-29)21(34)27-15(22(35)36)10-12-4-2-1-3-5-12/h1-5,13-16,29H,6-11,23H2,(H2,24,30)(H2,25,31)(H,26,32)(H,27,34)(H,28,33)(H,35,36). The number of carboxylic acid groups (broad SMARTS) is 1. The van der Waals surface area contributed by atoms with Gasteiger partial charge in [0, 0.05) is 19.3 Å². The van der Waals surface area contributed by atoms with Crippen molar-refractivity contribution in [1.82, 2.24) is 16.0 Å². The lowest BCUT2D eigenvalue weighted by atomic mass is 10.1. The Labute approximate surface area is 206 Å². The minimum atomic E-state index is -1.56.